The van der Waals surface area contributed by atoms with Gasteiger partial charge in [-0.2, -0.15) is 0 Å². The summed E-state index contributed by atoms with van der Waals surface area (Å²) in [5.41, 5.74) is 0.630. The second-order valence-electron chi connectivity index (χ2n) is 4.96. The number of hydrogen-bond donors (Lipinski definition) is 1. The van der Waals surface area contributed by atoms with Crippen LogP contribution in [0.2, 0.25) is 0 Å². The van der Waals surface area contributed by atoms with Crippen molar-refractivity contribution in [2.24, 2.45) is 5.92 Å². The molecule has 0 spiro atoms. The molecule has 94 valence electrons. The summed E-state index contributed by atoms with van der Waals surface area (Å²) in [4.78, 5) is 10.9. The highest BCUT2D eigenvalue weighted by Crippen LogP contribution is 2.22. The number of carbonyl (C=O) groups excluding carboxylic acids is 1. The maximum atomic E-state index is 10.9. The quantitative estimate of drug-likeness (QED) is 0.799. The number of aliphatic hydroxyl groups is 1. The van der Waals surface area contributed by atoms with Crippen molar-refractivity contribution in [3.63, 3.8) is 0 Å². The highest BCUT2D eigenvalue weighted by Gasteiger charge is 2.26. The lowest BCUT2D eigenvalue weighted by atomic mass is 9.94. The molecule has 0 aliphatic heterocycles. The fraction of sp³-hybridized carbons (Fsp3) is 0.500. The van der Waals surface area contributed by atoms with E-state index < -0.39 is 5.60 Å². The minimum atomic E-state index is -0.898. The molecule has 1 N–H and O–H groups in total. The van der Waals surface area contributed by atoms with Gasteiger partial charge in [-0.3, -0.25) is 4.79 Å². The summed E-state index contributed by atoms with van der Waals surface area (Å²) >= 11 is 0. The van der Waals surface area contributed by atoms with Gasteiger partial charge in [0.2, 0.25) is 0 Å². The van der Waals surface area contributed by atoms with Crippen LogP contribution in [0.5, 0.6) is 5.75 Å². The monoisotopic (exact) mass is 236 g/mol. The predicted octanol–water partition coefficient (Wildman–Crippen LogP) is 2.59. The number of aldehydes is 1. The molecule has 3 heteroatoms. The molecular formula is C14H20O3. The van der Waals surface area contributed by atoms with E-state index in [1.165, 1.54) is 0 Å². The first-order valence-electron chi connectivity index (χ1n) is 5.78. The smallest absolute Gasteiger partial charge is 0.153 e. The molecule has 0 saturated heterocycles. The van der Waals surface area contributed by atoms with E-state index in [9.17, 15) is 9.90 Å². The standard InChI is InChI=1S/C14H20O3/c1-10(2)14(4,16)9-17-13-6-5-11(3)7-12(13)8-15/h5-8,10,16H,9H2,1-4H3. The molecular weight excluding hydrogens is 216 g/mol. The second-order valence-corrected chi connectivity index (χ2v) is 4.96. The van der Waals surface area contributed by atoms with Gasteiger partial charge in [-0.1, -0.05) is 25.5 Å². The van der Waals surface area contributed by atoms with Gasteiger partial charge < -0.3 is 9.84 Å². The molecule has 1 unspecified atom stereocenters. The van der Waals surface area contributed by atoms with E-state index in [4.69, 9.17) is 4.74 Å². The normalized spacial score (nSPS) is 14.5. The SMILES string of the molecule is Cc1ccc(OCC(C)(O)C(C)C)c(C=O)c1. The number of rotatable bonds is 5. The van der Waals surface area contributed by atoms with E-state index in [-0.39, 0.29) is 12.5 Å². The van der Waals surface area contributed by atoms with Gasteiger partial charge in [0.1, 0.15) is 12.4 Å². The van der Waals surface area contributed by atoms with Gasteiger partial charge in [-0.05, 0) is 31.9 Å². The summed E-state index contributed by atoms with van der Waals surface area (Å²) in [6, 6.07) is 5.41. The van der Waals surface area contributed by atoms with Crippen LogP contribution in [0.25, 0.3) is 0 Å². The van der Waals surface area contributed by atoms with Crippen molar-refractivity contribution in [3.05, 3.63) is 29.3 Å². The van der Waals surface area contributed by atoms with Crippen molar-refractivity contribution in [3.8, 4) is 5.75 Å². The van der Waals surface area contributed by atoms with Crippen LogP contribution in [-0.2, 0) is 0 Å². The Bertz CT molecular complexity index is 394. The number of hydrogen-bond acceptors (Lipinski definition) is 3. The van der Waals surface area contributed by atoms with Gasteiger partial charge in [0.25, 0.3) is 0 Å². The lowest BCUT2D eigenvalue weighted by Crippen LogP contribution is -2.37. The molecule has 0 radical (unpaired) electrons. The van der Waals surface area contributed by atoms with Crippen molar-refractivity contribution < 1.29 is 14.6 Å². The first-order chi connectivity index (χ1) is 7.86. The minimum absolute atomic E-state index is 0.0904. The summed E-state index contributed by atoms with van der Waals surface area (Å²) in [6.07, 6.45) is 0.770. The van der Waals surface area contributed by atoms with Crippen LogP contribution in [0.1, 0.15) is 36.7 Å². The van der Waals surface area contributed by atoms with Gasteiger partial charge in [0.15, 0.2) is 6.29 Å². The van der Waals surface area contributed by atoms with Crippen LogP contribution >= 0.6 is 0 Å². The van der Waals surface area contributed by atoms with Crippen LogP contribution in [0, 0.1) is 12.8 Å². The molecule has 0 heterocycles. The van der Waals surface area contributed by atoms with E-state index >= 15 is 0 Å². The number of ether oxygens (including phenoxy) is 1. The molecule has 0 amide bonds. The molecule has 0 aliphatic carbocycles. The van der Waals surface area contributed by atoms with Crippen LogP contribution in [-0.4, -0.2) is 23.6 Å². The topological polar surface area (TPSA) is 46.5 Å². The van der Waals surface area contributed by atoms with Crippen LogP contribution in [0.3, 0.4) is 0 Å². The molecule has 0 aliphatic rings. The third kappa shape index (κ3) is 3.56. The number of carbonyl (C=O) groups is 1. The molecule has 0 aromatic heterocycles. The van der Waals surface area contributed by atoms with E-state index in [2.05, 4.69) is 0 Å². The van der Waals surface area contributed by atoms with Gasteiger partial charge in [0.05, 0.1) is 11.2 Å². The minimum Gasteiger partial charge on any atom is -0.490 e. The molecule has 1 aromatic carbocycles. The molecule has 1 aromatic rings. The zero-order chi connectivity index (χ0) is 13.1. The Labute approximate surface area is 102 Å². The van der Waals surface area contributed by atoms with Crippen molar-refractivity contribution >= 4 is 6.29 Å². The van der Waals surface area contributed by atoms with Gasteiger partial charge >= 0.3 is 0 Å². The fourth-order valence-electron chi connectivity index (χ4n) is 1.28. The van der Waals surface area contributed by atoms with Gasteiger partial charge in [0, 0.05) is 0 Å². The molecule has 0 bridgehead atoms. The third-order valence-electron chi connectivity index (χ3n) is 3.06. The largest absolute Gasteiger partial charge is 0.490 e. The van der Waals surface area contributed by atoms with Crippen LogP contribution in [0.15, 0.2) is 18.2 Å². The average molecular weight is 236 g/mol. The third-order valence-corrected chi connectivity index (χ3v) is 3.06. The number of benzene rings is 1. The zero-order valence-electron chi connectivity index (χ0n) is 10.9. The number of aryl methyl sites for hydroxylation is 1. The fourth-order valence-corrected chi connectivity index (χ4v) is 1.28. The van der Waals surface area contributed by atoms with E-state index in [1.807, 2.05) is 26.8 Å². The summed E-state index contributed by atoms with van der Waals surface area (Å²) < 4.78 is 5.53. The Morgan fingerprint density at radius 3 is 2.65 bits per heavy atom. The second kappa shape index (κ2) is 5.32. The van der Waals surface area contributed by atoms with E-state index in [1.54, 1.807) is 19.1 Å². The van der Waals surface area contributed by atoms with E-state index in [0.29, 0.717) is 11.3 Å². The molecule has 1 rings (SSSR count). The average Bonchev–Trinajstić information content (AvgIpc) is 2.27. The van der Waals surface area contributed by atoms with Crippen molar-refractivity contribution in [2.75, 3.05) is 6.61 Å². The zero-order valence-corrected chi connectivity index (χ0v) is 10.9. The van der Waals surface area contributed by atoms with Gasteiger partial charge in [-0.25, -0.2) is 0 Å². The highest BCUT2D eigenvalue weighted by molar-refractivity contribution is 5.79. The Hall–Kier alpha value is -1.35. The predicted molar refractivity (Wildman–Crippen MR) is 67.5 cm³/mol. The van der Waals surface area contributed by atoms with E-state index in [0.717, 1.165) is 11.8 Å². The summed E-state index contributed by atoms with van der Waals surface area (Å²) in [7, 11) is 0. The maximum absolute atomic E-state index is 10.9. The van der Waals surface area contributed by atoms with Crippen molar-refractivity contribution in [1.82, 2.24) is 0 Å². The first kappa shape index (κ1) is 13.7. The summed E-state index contributed by atoms with van der Waals surface area (Å²) in [6.45, 7) is 7.68. The summed E-state index contributed by atoms with van der Waals surface area (Å²) in [5.74, 6) is 0.610. The van der Waals surface area contributed by atoms with Crippen molar-refractivity contribution in [1.29, 1.82) is 0 Å². The molecule has 3 nitrogen and oxygen atoms in total. The molecule has 0 saturated carbocycles. The molecule has 0 fully saturated rings. The van der Waals surface area contributed by atoms with Gasteiger partial charge in [-0.15, -0.1) is 0 Å². The van der Waals surface area contributed by atoms with Crippen LogP contribution < -0.4 is 4.74 Å². The molecule has 17 heavy (non-hydrogen) atoms. The Kier molecular flexibility index (Phi) is 4.29. The molecule has 1 atom stereocenters. The first-order valence-corrected chi connectivity index (χ1v) is 5.78. The lowest BCUT2D eigenvalue weighted by Gasteiger charge is -2.27. The highest BCUT2D eigenvalue weighted by atomic mass is 16.5. The van der Waals surface area contributed by atoms with Crippen LogP contribution in [0.4, 0.5) is 0 Å². The Balaban J connectivity index is 2.79. The lowest BCUT2D eigenvalue weighted by molar-refractivity contribution is -0.0267. The van der Waals surface area contributed by atoms with Crippen molar-refractivity contribution in [2.45, 2.75) is 33.3 Å². The Morgan fingerprint density at radius 1 is 1.47 bits per heavy atom. The summed E-state index contributed by atoms with van der Waals surface area (Å²) in [5, 5.41) is 10.1. The maximum Gasteiger partial charge on any atom is 0.153 e. The Morgan fingerprint density at radius 2 is 2.12 bits per heavy atom.